The number of aldehydes is 1. The summed E-state index contributed by atoms with van der Waals surface area (Å²) in [7, 11) is 0. The molecule has 1 aliphatic heterocycles. The zero-order valence-electron chi connectivity index (χ0n) is 12.7. The fraction of sp³-hybridized carbons (Fsp3) is 0.263. The molecule has 4 heteroatoms. The Labute approximate surface area is 133 Å². The van der Waals surface area contributed by atoms with Crippen molar-refractivity contribution in [1.29, 1.82) is 0 Å². The molecule has 4 nitrogen and oxygen atoms in total. The quantitative estimate of drug-likeness (QED) is 0.534. The van der Waals surface area contributed by atoms with Gasteiger partial charge in [-0.15, -0.1) is 0 Å². The first kappa shape index (κ1) is 14.0. The van der Waals surface area contributed by atoms with E-state index in [1.165, 1.54) is 6.42 Å². The highest BCUT2D eigenvalue weighted by Crippen LogP contribution is 2.29. The van der Waals surface area contributed by atoms with E-state index < -0.39 is 0 Å². The van der Waals surface area contributed by atoms with Crippen LogP contribution in [-0.2, 0) is 0 Å². The Kier molecular flexibility index (Phi) is 3.37. The molecule has 1 fully saturated rings. The van der Waals surface area contributed by atoms with Crippen molar-refractivity contribution in [2.45, 2.75) is 19.3 Å². The van der Waals surface area contributed by atoms with E-state index in [0.29, 0.717) is 23.1 Å². The van der Waals surface area contributed by atoms with Gasteiger partial charge in [0.25, 0.3) is 0 Å². The molecular formula is C19H17NO3. The number of carbonyl (C=O) groups excluding carboxylic acids is 1. The van der Waals surface area contributed by atoms with Gasteiger partial charge in [-0.3, -0.25) is 9.59 Å². The van der Waals surface area contributed by atoms with Gasteiger partial charge in [-0.05, 0) is 36.1 Å². The zero-order chi connectivity index (χ0) is 15.8. The largest absolute Gasteiger partial charge is 0.439 e. The van der Waals surface area contributed by atoms with Crippen LogP contribution in [-0.4, -0.2) is 19.4 Å². The van der Waals surface area contributed by atoms with Crippen LogP contribution in [0, 0.1) is 0 Å². The lowest BCUT2D eigenvalue weighted by Crippen LogP contribution is -2.31. The molecule has 0 saturated carbocycles. The maximum absolute atomic E-state index is 12.9. The van der Waals surface area contributed by atoms with Crippen molar-refractivity contribution in [2.75, 3.05) is 18.0 Å². The maximum Gasteiger partial charge on any atom is 0.210 e. The van der Waals surface area contributed by atoms with Crippen LogP contribution in [0.15, 0.2) is 45.6 Å². The Bertz CT molecular complexity index is 952. The summed E-state index contributed by atoms with van der Waals surface area (Å²) < 4.78 is 6.01. The van der Waals surface area contributed by atoms with Crippen molar-refractivity contribution in [3.63, 3.8) is 0 Å². The lowest BCUT2D eigenvalue weighted by molar-refractivity contribution is 0.112. The second-order valence-corrected chi connectivity index (χ2v) is 5.98. The normalized spacial score (nSPS) is 15.2. The smallest absolute Gasteiger partial charge is 0.210 e. The minimum absolute atomic E-state index is 0.135. The van der Waals surface area contributed by atoms with E-state index in [1.54, 1.807) is 0 Å². The van der Waals surface area contributed by atoms with Gasteiger partial charge in [-0.1, -0.05) is 30.3 Å². The summed E-state index contributed by atoms with van der Waals surface area (Å²) in [4.78, 5) is 26.5. The number of hydrogen-bond acceptors (Lipinski definition) is 4. The number of anilines is 1. The number of rotatable bonds is 2. The van der Waals surface area contributed by atoms with Crippen molar-refractivity contribution in [1.82, 2.24) is 0 Å². The predicted octanol–water partition coefficient (Wildman–Crippen LogP) is 3.75. The Morgan fingerprint density at radius 1 is 1.00 bits per heavy atom. The molecule has 2 aromatic carbocycles. The number of carbonyl (C=O) groups is 1. The lowest BCUT2D eigenvalue weighted by Gasteiger charge is -2.28. The molecule has 0 aliphatic carbocycles. The first-order chi connectivity index (χ1) is 11.3. The van der Waals surface area contributed by atoms with Crippen LogP contribution in [0.25, 0.3) is 21.7 Å². The standard InChI is InChI=1S/C19H17NO3/c21-12-15-18(22)17-14-7-3-2-6-13(14)8-9-16(17)23-19(15)20-10-4-1-5-11-20/h2-3,6-9,12H,1,4-5,10-11H2. The molecule has 0 radical (unpaired) electrons. The van der Waals surface area contributed by atoms with E-state index in [2.05, 4.69) is 0 Å². The van der Waals surface area contributed by atoms with Gasteiger partial charge in [0.15, 0.2) is 6.29 Å². The van der Waals surface area contributed by atoms with Crippen molar-refractivity contribution in [3.05, 3.63) is 52.2 Å². The summed E-state index contributed by atoms with van der Waals surface area (Å²) in [5, 5.41) is 2.29. The molecule has 1 aliphatic rings. The van der Waals surface area contributed by atoms with Crippen molar-refractivity contribution < 1.29 is 9.21 Å². The highest BCUT2D eigenvalue weighted by molar-refractivity contribution is 6.07. The van der Waals surface area contributed by atoms with Crippen molar-refractivity contribution in [3.8, 4) is 0 Å². The molecule has 1 saturated heterocycles. The molecule has 0 N–H and O–H groups in total. The van der Waals surface area contributed by atoms with Gasteiger partial charge < -0.3 is 9.32 Å². The average molecular weight is 307 g/mol. The van der Waals surface area contributed by atoms with Gasteiger partial charge in [0.1, 0.15) is 11.1 Å². The van der Waals surface area contributed by atoms with E-state index in [9.17, 15) is 9.59 Å². The zero-order valence-corrected chi connectivity index (χ0v) is 12.7. The van der Waals surface area contributed by atoms with Gasteiger partial charge >= 0.3 is 0 Å². The van der Waals surface area contributed by atoms with E-state index in [0.717, 1.165) is 36.7 Å². The third-order valence-electron chi connectivity index (χ3n) is 4.56. The molecule has 3 aromatic rings. The number of nitrogens with zero attached hydrogens (tertiary/aromatic N) is 1. The van der Waals surface area contributed by atoms with Crippen LogP contribution in [0.2, 0.25) is 0 Å². The third-order valence-corrected chi connectivity index (χ3v) is 4.56. The highest BCUT2D eigenvalue weighted by Gasteiger charge is 2.22. The van der Waals surface area contributed by atoms with E-state index in [-0.39, 0.29) is 11.0 Å². The Morgan fingerprint density at radius 3 is 2.57 bits per heavy atom. The molecule has 0 amide bonds. The summed E-state index contributed by atoms with van der Waals surface area (Å²) in [6.07, 6.45) is 3.92. The minimum atomic E-state index is -0.237. The van der Waals surface area contributed by atoms with E-state index in [1.807, 2.05) is 41.3 Å². The van der Waals surface area contributed by atoms with Gasteiger partial charge in [0.2, 0.25) is 11.3 Å². The number of fused-ring (bicyclic) bond motifs is 3. The van der Waals surface area contributed by atoms with Gasteiger partial charge in [-0.2, -0.15) is 0 Å². The molecule has 2 heterocycles. The van der Waals surface area contributed by atoms with Crippen molar-refractivity contribution in [2.24, 2.45) is 0 Å². The molecule has 1 aromatic heterocycles. The van der Waals surface area contributed by atoms with Crippen LogP contribution in [0.4, 0.5) is 5.88 Å². The third kappa shape index (κ3) is 2.22. The van der Waals surface area contributed by atoms with Crippen LogP contribution in [0.5, 0.6) is 0 Å². The van der Waals surface area contributed by atoms with Crippen LogP contribution < -0.4 is 10.3 Å². The first-order valence-corrected chi connectivity index (χ1v) is 7.98. The van der Waals surface area contributed by atoms with Gasteiger partial charge in [0.05, 0.1) is 5.39 Å². The molecule has 0 unspecified atom stereocenters. The Morgan fingerprint density at radius 2 is 1.78 bits per heavy atom. The average Bonchev–Trinajstić information content (AvgIpc) is 2.62. The first-order valence-electron chi connectivity index (χ1n) is 7.98. The number of hydrogen-bond donors (Lipinski definition) is 0. The van der Waals surface area contributed by atoms with Crippen LogP contribution in [0.3, 0.4) is 0 Å². The fourth-order valence-electron chi connectivity index (χ4n) is 3.40. The summed E-state index contributed by atoms with van der Waals surface area (Å²) in [6, 6.07) is 11.4. The highest BCUT2D eigenvalue weighted by atomic mass is 16.4. The molecule has 0 spiro atoms. The Balaban J connectivity index is 2.05. The molecule has 116 valence electrons. The monoisotopic (exact) mass is 307 g/mol. The topological polar surface area (TPSA) is 50.5 Å². The van der Waals surface area contributed by atoms with Crippen LogP contribution >= 0.6 is 0 Å². The number of piperidine rings is 1. The van der Waals surface area contributed by atoms with Crippen LogP contribution in [0.1, 0.15) is 29.6 Å². The molecule has 4 rings (SSSR count). The molecular weight excluding hydrogens is 290 g/mol. The lowest BCUT2D eigenvalue weighted by atomic mass is 10.0. The molecule has 0 atom stereocenters. The Hall–Kier alpha value is -2.62. The molecule has 23 heavy (non-hydrogen) atoms. The number of benzene rings is 2. The summed E-state index contributed by atoms with van der Waals surface area (Å²) in [6.45, 7) is 1.64. The fourth-order valence-corrected chi connectivity index (χ4v) is 3.40. The van der Waals surface area contributed by atoms with E-state index in [4.69, 9.17) is 4.42 Å². The maximum atomic E-state index is 12.9. The molecule has 0 bridgehead atoms. The summed E-state index contributed by atoms with van der Waals surface area (Å²) in [5.74, 6) is 0.424. The second-order valence-electron chi connectivity index (χ2n) is 5.98. The minimum Gasteiger partial charge on any atom is -0.439 e. The van der Waals surface area contributed by atoms with E-state index >= 15 is 0 Å². The van der Waals surface area contributed by atoms with Gasteiger partial charge in [0, 0.05) is 13.1 Å². The predicted molar refractivity (Wildman–Crippen MR) is 91.4 cm³/mol. The SMILES string of the molecule is O=Cc1c(N2CCCCC2)oc2ccc3ccccc3c2c1=O. The summed E-state index contributed by atoms with van der Waals surface area (Å²) >= 11 is 0. The van der Waals surface area contributed by atoms with Gasteiger partial charge in [-0.25, -0.2) is 0 Å². The summed E-state index contributed by atoms with van der Waals surface area (Å²) in [5.41, 5.74) is 0.439. The second kappa shape index (κ2) is 5.54. The van der Waals surface area contributed by atoms with Crippen molar-refractivity contribution >= 4 is 33.9 Å².